The van der Waals surface area contributed by atoms with Crippen LogP contribution < -0.4 is 9.47 Å². The largest absolute Gasteiger partial charge is 0.490 e. The molecule has 41 heavy (non-hydrogen) atoms. The Kier molecular flexibility index (Phi) is 7.46. The molecule has 0 aromatic heterocycles. The maximum absolute atomic E-state index is 5.89. The molecule has 0 amide bonds. The Morgan fingerprint density at radius 3 is 1.24 bits per heavy atom. The van der Waals surface area contributed by atoms with Crippen LogP contribution in [-0.2, 0) is 16.2 Å². The molecule has 1 aliphatic rings. The van der Waals surface area contributed by atoms with E-state index < -0.39 is 5.41 Å². The molecule has 2 heteroatoms. The molecule has 0 atom stereocenters. The van der Waals surface area contributed by atoms with Gasteiger partial charge in [-0.2, -0.15) is 0 Å². The second kappa shape index (κ2) is 10.7. The van der Waals surface area contributed by atoms with Crippen molar-refractivity contribution in [1.29, 1.82) is 0 Å². The molecule has 4 aromatic rings. The lowest BCUT2D eigenvalue weighted by molar-refractivity contribution is 0.363. The van der Waals surface area contributed by atoms with E-state index in [9.17, 15) is 0 Å². The summed E-state index contributed by atoms with van der Waals surface area (Å²) in [5.41, 5.74) is 9.76. The van der Waals surface area contributed by atoms with Gasteiger partial charge in [-0.3, -0.25) is 0 Å². The molecule has 0 saturated heterocycles. The van der Waals surface area contributed by atoms with Crippen LogP contribution in [0.15, 0.2) is 110 Å². The van der Waals surface area contributed by atoms with Gasteiger partial charge in [0.2, 0.25) is 0 Å². The first-order chi connectivity index (χ1) is 19.5. The number of hydrogen-bond acceptors (Lipinski definition) is 2. The van der Waals surface area contributed by atoms with Gasteiger partial charge in [0.05, 0.1) is 5.41 Å². The lowest BCUT2D eigenvalue weighted by Crippen LogP contribution is -2.29. The number of ether oxygens (including phenoxy) is 2. The molecule has 0 fully saturated rings. The second-order valence-electron chi connectivity index (χ2n) is 13.0. The summed E-state index contributed by atoms with van der Waals surface area (Å²) in [6, 6.07) is 31.4. The topological polar surface area (TPSA) is 18.5 Å². The van der Waals surface area contributed by atoms with Crippen molar-refractivity contribution < 1.29 is 9.47 Å². The lowest BCUT2D eigenvalue weighted by Gasteiger charge is -2.35. The minimum absolute atomic E-state index is 0.0108. The fraction of sp³-hybridized carbons (Fsp3) is 0.282. The number of benzene rings is 4. The van der Waals surface area contributed by atoms with Crippen molar-refractivity contribution in [1.82, 2.24) is 0 Å². The molecular formula is C39H42O2. The van der Waals surface area contributed by atoms with Gasteiger partial charge in [-0.05, 0) is 79.6 Å². The molecule has 0 radical (unpaired) electrons. The summed E-state index contributed by atoms with van der Waals surface area (Å²) in [6.45, 7) is 22.3. The molecule has 5 rings (SSSR count). The van der Waals surface area contributed by atoms with Crippen LogP contribution in [0.25, 0.3) is 11.1 Å². The summed E-state index contributed by atoms with van der Waals surface area (Å²) in [6.07, 6.45) is 3.55. The molecule has 2 nitrogen and oxygen atoms in total. The lowest BCUT2D eigenvalue weighted by atomic mass is 9.66. The van der Waals surface area contributed by atoms with Crippen LogP contribution in [0.3, 0.4) is 0 Å². The van der Waals surface area contributed by atoms with Gasteiger partial charge < -0.3 is 9.47 Å². The van der Waals surface area contributed by atoms with Crippen LogP contribution in [-0.4, -0.2) is 13.2 Å². The van der Waals surface area contributed by atoms with Gasteiger partial charge in [0.1, 0.15) is 24.7 Å². The van der Waals surface area contributed by atoms with E-state index in [4.69, 9.17) is 9.47 Å². The van der Waals surface area contributed by atoms with Gasteiger partial charge in [0.25, 0.3) is 0 Å². The maximum atomic E-state index is 5.89. The smallest absolute Gasteiger partial charge is 0.119 e. The van der Waals surface area contributed by atoms with Crippen molar-refractivity contribution in [3.8, 4) is 22.6 Å². The molecule has 0 spiro atoms. The van der Waals surface area contributed by atoms with Gasteiger partial charge >= 0.3 is 0 Å². The van der Waals surface area contributed by atoms with Gasteiger partial charge in [0, 0.05) is 0 Å². The van der Waals surface area contributed by atoms with Crippen molar-refractivity contribution in [2.75, 3.05) is 13.2 Å². The summed E-state index contributed by atoms with van der Waals surface area (Å²) in [5.74, 6) is 1.67. The van der Waals surface area contributed by atoms with Gasteiger partial charge in [-0.25, -0.2) is 0 Å². The van der Waals surface area contributed by atoms with Crippen LogP contribution in [0, 0.1) is 0 Å². The van der Waals surface area contributed by atoms with Crippen molar-refractivity contribution in [2.45, 2.75) is 57.8 Å². The van der Waals surface area contributed by atoms with Gasteiger partial charge in [0.15, 0.2) is 0 Å². The van der Waals surface area contributed by atoms with Crippen LogP contribution in [0.1, 0.15) is 74.9 Å². The number of fused-ring (bicyclic) bond motifs is 3. The fourth-order valence-electron chi connectivity index (χ4n) is 5.96. The molecule has 0 saturated carbocycles. The minimum atomic E-state index is -0.513. The highest BCUT2D eigenvalue weighted by molar-refractivity contribution is 5.87. The van der Waals surface area contributed by atoms with E-state index in [0.29, 0.717) is 13.2 Å². The monoisotopic (exact) mass is 542 g/mol. The van der Waals surface area contributed by atoms with Gasteiger partial charge in [-0.15, -0.1) is 0 Å². The number of hydrogen-bond donors (Lipinski definition) is 0. The van der Waals surface area contributed by atoms with E-state index >= 15 is 0 Å². The van der Waals surface area contributed by atoms with Crippen LogP contribution >= 0.6 is 0 Å². The molecule has 0 bridgehead atoms. The average Bonchev–Trinajstić information content (AvgIpc) is 3.24. The number of rotatable bonds is 8. The van der Waals surface area contributed by atoms with Crippen LogP contribution in [0.2, 0.25) is 0 Å². The highest BCUT2D eigenvalue weighted by Gasteiger charge is 2.47. The Labute approximate surface area is 246 Å². The van der Waals surface area contributed by atoms with Crippen LogP contribution in [0.4, 0.5) is 0 Å². The second-order valence-corrected chi connectivity index (χ2v) is 13.0. The molecule has 0 unspecified atom stereocenters. The Balaban J connectivity index is 1.85. The molecule has 0 heterocycles. The van der Waals surface area contributed by atoms with E-state index in [0.717, 1.165) is 11.5 Å². The first-order valence-corrected chi connectivity index (χ1v) is 14.5. The van der Waals surface area contributed by atoms with Gasteiger partial charge in [-0.1, -0.05) is 128 Å². The third-order valence-electron chi connectivity index (χ3n) is 8.18. The first kappa shape index (κ1) is 28.5. The van der Waals surface area contributed by atoms with Crippen molar-refractivity contribution in [3.63, 3.8) is 0 Å². The normalized spacial score (nSPS) is 13.7. The van der Waals surface area contributed by atoms with Crippen molar-refractivity contribution in [2.24, 2.45) is 0 Å². The molecule has 4 aromatic carbocycles. The average molecular weight is 543 g/mol. The Morgan fingerprint density at radius 2 is 0.927 bits per heavy atom. The van der Waals surface area contributed by atoms with E-state index in [1.807, 2.05) is 0 Å². The molecule has 1 aliphatic carbocycles. The van der Waals surface area contributed by atoms with E-state index in [2.05, 4.69) is 140 Å². The highest BCUT2D eigenvalue weighted by Crippen LogP contribution is 2.57. The Morgan fingerprint density at radius 1 is 0.561 bits per heavy atom. The zero-order valence-corrected chi connectivity index (χ0v) is 25.4. The summed E-state index contributed by atoms with van der Waals surface area (Å²) >= 11 is 0. The minimum Gasteiger partial charge on any atom is -0.490 e. The maximum Gasteiger partial charge on any atom is 0.119 e. The standard InChI is InChI=1S/C39H42O2/c1-9-23-40-31-17-11-27(12-18-31)39(28-13-19-32(20-14-28)41-24-10-2)35-25-29(37(3,4)5)15-21-33(35)34-22-16-30(26-36(34)39)38(6,7)8/h9-22,25-26H,1-2,23-24H2,3-8H3. The highest BCUT2D eigenvalue weighted by atomic mass is 16.5. The Hall–Kier alpha value is -4.04. The summed E-state index contributed by atoms with van der Waals surface area (Å²) in [5, 5.41) is 0. The molecular weight excluding hydrogens is 500 g/mol. The first-order valence-electron chi connectivity index (χ1n) is 14.5. The fourth-order valence-corrected chi connectivity index (χ4v) is 5.96. The van der Waals surface area contributed by atoms with E-state index in [1.54, 1.807) is 12.2 Å². The predicted octanol–water partition coefficient (Wildman–Crippen LogP) is 9.77. The third kappa shape index (κ3) is 5.12. The quantitative estimate of drug-likeness (QED) is 0.182. The van der Waals surface area contributed by atoms with Crippen molar-refractivity contribution >= 4 is 0 Å². The predicted molar refractivity (Wildman–Crippen MR) is 173 cm³/mol. The molecule has 210 valence electrons. The van der Waals surface area contributed by atoms with E-state index in [-0.39, 0.29) is 10.8 Å². The Bertz CT molecular complexity index is 1440. The van der Waals surface area contributed by atoms with Crippen molar-refractivity contribution in [3.05, 3.63) is 144 Å². The van der Waals surface area contributed by atoms with Crippen LogP contribution in [0.5, 0.6) is 11.5 Å². The zero-order chi connectivity index (χ0) is 29.4. The molecule has 0 N–H and O–H groups in total. The summed E-state index contributed by atoms with van der Waals surface area (Å²) in [4.78, 5) is 0. The third-order valence-corrected chi connectivity index (χ3v) is 8.18. The summed E-state index contributed by atoms with van der Waals surface area (Å²) in [7, 11) is 0. The zero-order valence-electron chi connectivity index (χ0n) is 25.4. The summed E-state index contributed by atoms with van der Waals surface area (Å²) < 4.78 is 11.8. The molecule has 0 aliphatic heterocycles. The SMILES string of the molecule is C=CCOc1ccc(C2(c3ccc(OCC=C)cc3)c3cc(C(C)(C)C)ccc3-c3ccc(C(C)(C)C)cc32)cc1. The van der Waals surface area contributed by atoms with E-state index in [1.165, 1.54) is 44.5 Å².